The van der Waals surface area contributed by atoms with Crippen LogP contribution >= 0.6 is 11.3 Å². The highest BCUT2D eigenvalue weighted by Crippen LogP contribution is 2.54. The number of nitrogens with zero attached hydrogens (tertiary/aromatic N) is 4. The summed E-state index contributed by atoms with van der Waals surface area (Å²) in [5.41, 5.74) is -1.88. The Balaban J connectivity index is 1.46. The molecule has 2 aromatic heterocycles. The van der Waals surface area contributed by atoms with E-state index >= 15 is 0 Å². The molecule has 2 N–H and O–H groups in total. The minimum absolute atomic E-state index is 0.0182. The van der Waals surface area contributed by atoms with Gasteiger partial charge in [0.05, 0.1) is 27.9 Å². The summed E-state index contributed by atoms with van der Waals surface area (Å²) in [5, 5.41) is 5.62. The molecule has 3 aliphatic heterocycles. The summed E-state index contributed by atoms with van der Waals surface area (Å²) in [6.45, 7) is 0.220. The standard InChI is InChI=1S/C23H29F3N6O3S2/c1-4-22-10-14(27-2)12-32(22)20(33)15-9-17(36-19(15)22)18-16(23(24,25)26)11-28-21(30-18)29-13-5-7-31(8-6-13)37(3,34)35/h9,11,13-14,27H,4-8,10,12H2,1-3H3,(H,28,29,30)/i2D3. The first-order valence-corrected chi connectivity index (χ1v) is 14.6. The molecule has 5 heterocycles. The Morgan fingerprint density at radius 1 is 1.30 bits per heavy atom. The topological polar surface area (TPSA) is 108 Å². The lowest BCUT2D eigenvalue weighted by Crippen LogP contribution is -2.42. The van der Waals surface area contributed by atoms with Gasteiger partial charge in [0.2, 0.25) is 16.0 Å². The van der Waals surface area contributed by atoms with Gasteiger partial charge in [0.15, 0.2) is 0 Å². The van der Waals surface area contributed by atoms with Crippen LogP contribution in [0.15, 0.2) is 12.3 Å². The van der Waals surface area contributed by atoms with E-state index in [2.05, 4.69) is 20.6 Å². The highest BCUT2D eigenvalue weighted by atomic mass is 32.2. The van der Waals surface area contributed by atoms with Gasteiger partial charge < -0.3 is 15.5 Å². The van der Waals surface area contributed by atoms with Crippen molar-refractivity contribution in [3.05, 3.63) is 28.3 Å². The minimum Gasteiger partial charge on any atom is -0.351 e. The Labute approximate surface area is 221 Å². The number of likely N-dealkylation sites (N-methyl/N-ethyl adjacent to an activating group) is 1. The smallest absolute Gasteiger partial charge is 0.351 e. The van der Waals surface area contributed by atoms with E-state index in [0.29, 0.717) is 36.1 Å². The summed E-state index contributed by atoms with van der Waals surface area (Å²) in [5.74, 6) is -0.358. The molecule has 9 nitrogen and oxygen atoms in total. The van der Waals surface area contributed by atoms with Crippen molar-refractivity contribution in [2.45, 2.75) is 56.4 Å². The van der Waals surface area contributed by atoms with Crippen LogP contribution in [0.1, 0.15) is 57.5 Å². The van der Waals surface area contributed by atoms with Gasteiger partial charge in [-0.2, -0.15) is 13.2 Å². The second-order valence-electron chi connectivity index (χ2n) is 9.73. The number of piperidine rings is 1. The maximum atomic E-state index is 14.0. The molecular formula is C23H29F3N6O3S2. The van der Waals surface area contributed by atoms with E-state index in [0.717, 1.165) is 23.8 Å². The van der Waals surface area contributed by atoms with Crippen LogP contribution in [0, 0.1) is 0 Å². The summed E-state index contributed by atoms with van der Waals surface area (Å²) in [6, 6.07) is 0.733. The fraction of sp³-hybridized carbons (Fsp3) is 0.609. The molecule has 37 heavy (non-hydrogen) atoms. The zero-order valence-corrected chi connectivity index (χ0v) is 21.9. The van der Waals surface area contributed by atoms with Crippen LogP contribution in [0.2, 0.25) is 0 Å². The average Bonchev–Trinajstić information content (AvgIpc) is 3.49. The quantitative estimate of drug-likeness (QED) is 0.558. The molecule has 0 aliphatic carbocycles. The summed E-state index contributed by atoms with van der Waals surface area (Å²) in [4.78, 5) is 23.9. The number of carbonyl (C=O) groups is 1. The normalized spacial score (nSPS) is 26.5. The molecule has 2 saturated heterocycles. The third-order valence-corrected chi connectivity index (χ3v) is 10.1. The van der Waals surface area contributed by atoms with Crippen LogP contribution in [-0.2, 0) is 21.7 Å². The number of carbonyl (C=O) groups excluding carboxylic acids is 1. The number of alkyl halides is 3. The largest absolute Gasteiger partial charge is 0.420 e. The van der Waals surface area contributed by atoms with Crippen LogP contribution in [0.5, 0.6) is 0 Å². The SMILES string of the molecule is [2H]C([2H])([2H])NC1CN2C(=O)c3cc(-c4nc(NC5CCN(S(C)(=O)=O)CC5)ncc4C(F)(F)F)sc3C2(CC)C1. The summed E-state index contributed by atoms with van der Waals surface area (Å²) >= 11 is 1.06. The van der Waals surface area contributed by atoms with E-state index in [1.165, 1.54) is 10.4 Å². The van der Waals surface area contributed by atoms with Gasteiger partial charge in [-0.3, -0.25) is 4.79 Å². The molecule has 2 aromatic rings. The van der Waals surface area contributed by atoms with Gasteiger partial charge in [-0.15, -0.1) is 11.3 Å². The molecule has 2 atom stereocenters. The molecule has 3 aliphatic rings. The van der Waals surface area contributed by atoms with Crippen molar-refractivity contribution in [1.82, 2.24) is 24.5 Å². The van der Waals surface area contributed by atoms with Crippen molar-refractivity contribution in [1.29, 1.82) is 0 Å². The minimum atomic E-state index is -4.75. The van der Waals surface area contributed by atoms with Gasteiger partial charge in [0.1, 0.15) is 5.56 Å². The van der Waals surface area contributed by atoms with E-state index in [1.54, 1.807) is 4.90 Å². The number of rotatable bonds is 6. The summed E-state index contributed by atoms with van der Waals surface area (Å²) in [6.07, 6.45) is -1.22. The lowest BCUT2D eigenvalue weighted by atomic mass is 9.91. The van der Waals surface area contributed by atoms with E-state index in [-0.39, 0.29) is 48.1 Å². The molecule has 5 rings (SSSR count). The number of hydrogen-bond acceptors (Lipinski definition) is 8. The third-order valence-electron chi connectivity index (χ3n) is 7.51. The Morgan fingerprint density at radius 3 is 2.65 bits per heavy atom. The van der Waals surface area contributed by atoms with E-state index < -0.39 is 40.3 Å². The molecular weight excluding hydrogens is 529 g/mol. The molecule has 1 amide bonds. The zero-order chi connectivity index (χ0) is 29.3. The van der Waals surface area contributed by atoms with Crippen molar-refractivity contribution in [2.75, 3.05) is 38.2 Å². The third kappa shape index (κ3) is 4.51. The monoisotopic (exact) mass is 561 g/mol. The number of nitrogens with one attached hydrogen (secondary N) is 2. The highest BCUT2D eigenvalue weighted by Gasteiger charge is 2.55. The molecule has 202 valence electrons. The molecule has 2 fully saturated rings. The van der Waals surface area contributed by atoms with Gasteiger partial charge >= 0.3 is 6.18 Å². The Hall–Kier alpha value is -2.29. The number of sulfonamides is 1. The number of halogens is 3. The first-order chi connectivity index (χ1) is 18.5. The second kappa shape index (κ2) is 9.17. The van der Waals surface area contributed by atoms with Gasteiger partial charge in [0, 0.05) is 46.9 Å². The van der Waals surface area contributed by atoms with Crippen molar-refractivity contribution in [2.24, 2.45) is 0 Å². The molecule has 14 heteroatoms. The highest BCUT2D eigenvalue weighted by molar-refractivity contribution is 7.88. The average molecular weight is 562 g/mol. The maximum absolute atomic E-state index is 14.0. The van der Waals surface area contributed by atoms with E-state index in [1.807, 2.05) is 6.92 Å². The van der Waals surface area contributed by atoms with Gasteiger partial charge in [0.25, 0.3) is 5.91 Å². The predicted molar refractivity (Wildman–Crippen MR) is 134 cm³/mol. The van der Waals surface area contributed by atoms with Crippen LogP contribution in [0.3, 0.4) is 0 Å². The Kier molecular flexibility index (Phi) is 5.62. The second-order valence-corrected chi connectivity index (χ2v) is 12.8. The van der Waals surface area contributed by atoms with E-state index in [4.69, 9.17) is 4.11 Å². The number of hydrogen-bond donors (Lipinski definition) is 2. The zero-order valence-electron chi connectivity index (χ0n) is 23.2. The number of thiophene rings is 1. The number of aromatic nitrogens is 2. The van der Waals surface area contributed by atoms with Crippen LogP contribution < -0.4 is 10.6 Å². The molecule has 0 saturated carbocycles. The lowest BCUT2D eigenvalue weighted by molar-refractivity contribution is -0.137. The van der Waals surface area contributed by atoms with Crippen molar-refractivity contribution < 1.29 is 30.5 Å². The van der Waals surface area contributed by atoms with Crippen LogP contribution in [0.25, 0.3) is 10.6 Å². The van der Waals surface area contributed by atoms with Gasteiger partial charge in [-0.05, 0) is 38.7 Å². The summed E-state index contributed by atoms with van der Waals surface area (Å²) in [7, 11) is -3.33. The molecule has 0 bridgehead atoms. The van der Waals surface area contributed by atoms with Crippen molar-refractivity contribution in [3.8, 4) is 10.6 Å². The fourth-order valence-electron chi connectivity index (χ4n) is 5.58. The van der Waals surface area contributed by atoms with Crippen molar-refractivity contribution >= 4 is 33.2 Å². The maximum Gasteiger partial charge on any atom is 0.420 e. The molecule has 0 radical (unpaired) electrons. The molecule has 0 aromatic carbocycles. The van der Waals surface area contributed by atoms with Crippen molar-refractivity contribution in [3.63, 3.8) is 0 Å². The van der Waals surface area contributed by atoms with Gasteiger partial charge in [-0.1, -0.05) is 6.92 Å². The van der Waals surface area contributed by atoms with Crippen LogP contribution in [0.4, 0.5) is 19.1 Å². The number of amides is 1. The van der Waals surface area contributed by atoms with Crippen LogP contribution in [-0.4, -0.2) is 78.4 Å². The fourth-order valence-corrected chi connectivity index (χ4v) is 7.89. The molecule has 0 spiro atoms. The number of fused-ring (bicyclic) bond motifs is 3. The lowest BCUT2D eigenvalue weighted by Gasteiger charge is -2.31. The Bertz CT molecular complexity index is 1430. The number of anilines is 1. The Morgan fingerprint density at radius 2 is 2.03 bits per heavy atom. The first-order valence-electron chi connectivity index (χ1n) is 13.4. The van der Waals surface area contributed by atoms with Gasteiger partial charge in [-0.25, -0.2) is 22.7 Å². The van der Waals surface area contributed by atoms with E-state index in [9.17, 15) is 26.4 Å². The first kappa shape index (κ1) is 22.7. The predicted octanol–water partition coefficient (Wildman–Crippen LogP) is 3.11. The molecule has 2 unspecified atom stereocenters. The summed E-state index contributed by atoms with van der Waals surface area (Å²) < 4.78 is 89.6.